The molecule has 0 aliphatic carbocycles. The minimum absolute atomic E-state index is 0.0759. The quantitative estimate of drug-likeness (QED) is 0.903. The molecule has 0 atom stereocenters. The third-order valence-electron chi connectivity index (χ3n) is 3.90. The number of carboxylic acids is 1. The van der Waals surface area contributed by atoms with E-state index in [1.165, 1.54) is 5.56 Å². The predicted molar refractivity (Wildman–Crippen MR) is 86.5 cm³/mol. The Kier molecular flexibility index (Phi) is 5.66. The summed E-state index contributed by atoms with van der Waals surface area (Å²) in [4.78, 5) is 26.4. The second-order valence-electron chi connectivity index (χ2n) is 5.43. The van der Waals surface area contributed by atoms with E-state index in [4.69, 9.17) is 16.7 Å². The summed E-state index contributed by atoms with van der Waals surface area (Å²) in [6.45, 7) is 4.80. The van der Waals surface area contributed by atoms with E-state index in [0.717, 1.165) is 30.2 Å². The van der Waals surface area contributed by atoms with Crippen LogP contribution in [0.1, 0.15) is 25.3 Å². The van der Waals surface area contributed by atoms with Gasteiger partial charge in [0.05, 0.1) is 6.42 Å². The van der Waals surface area contributed by atoms with Gasteiger partial charge in [-0.1, -0.05) is 18.5 Å². The molecule has 120 valence electrons. The van der Waals surface area contributed by atoms with Crippen LogP contribution >= 0.6 is 11.6 Å². The van der Waals surface area contributed by atoms with Gasteiger partial charge in [-0.05, 0) is 30.2 Å². The van der Waals surface area contributed by atoms with Crippen LogP contribution in [0.15, 0.2) is 18.2 Å². The van der Waals surface area contributed by atoms with Crippen molar-refractivity contribution in [3.8, 4) is 0 Å². The van der Waals surface area contributed by atoms with Crippen LogP contribution < -0.4 is 4.90 Å². The van der Waals surface area contributed by atoms with Gasteiger partial charge < -0.3 is 14.9 Å². The summed E-state index contributed by atoms with van der Waals surface area (Å²) in [6, 6.07) is 6.05. The highest BCUT2D eigenvalue weighted by atomic mass is 35.5. The molecule has 1 N–H and O–H groups in total. The first-order valence-electron chi connectivity index (χ1n) is 7.53. The molecular weight excluding hydrogens is 304 g/mol. The van der Waals surface area contributed by atoms with Gasteiger partial charge in [0.1, 0.15) is 0 Å². The molecule has 6 heteroatoms. The van der Waals surface area contributed by atoms with Gasteiger partial charge in [0.2, 0.25) is 5.91 Å². The average molecular weight is 325 g/mol. The number of carbonyl (C=O) groups is 2. The highest BCUT2D eigenvalue weighted by Crippen LogP contribution is 2.24. The molecule has 1 fully saturated rings. The molecule has 1 saturated heterocycles. The number of aliphatic carboxylic acids is 1. The Morgan fingerprint density at radius 3 is 2.41 bits per heavy atom. The largest absolute Gasteiger partial charge is 0.481 e. The predicted octanol–water partition coefficient (Wildman–Crippen LogP) is 2.42. The SMILES string of the molecule is CCc1cc(Cl)cc(N2CCN(C(=O)CCC(=O)O)CC2)c1. The number of nitrogens with zero attached hydrogens (tertiary/aromatic N) is 2. The number of carboxylic acid groups (broad SMARTS) is 1. The summed E-state index contributed by atoms with van der Waals surface area (Å²) in [5, 5.41) is 9.37. The van der Waals surface area contributed by atoms with Gasteiger partial charge in [-0.2, -0.15) is 0 Å². The summed E-state index contributed by atoms with van der Waals surface area (Å²) in [5.41, 5.74) is 2.28. The first kappa shape index (κ1) is 16.6. The van der Waals surface area contributed by atoms with Crippen molar-refractivity contribution in [3.63, 3.8) is 0 Å². The number of aryl methyl sites for hydroxylation is 1. The van der Waals surface area contributed by atoms with Crippen molar-refractivity contribution in [1.29, 1.82) is 0 Å². The fourth-order valence-electron chi connectivity index (χ4n) is 2.61. The van der Waals surface area contributed by atoms with Crippen LogP contribution in [0.25, 0.3) is 0 Å². The van der Waals surface area contributed by atoms with Crippen molar-refractivity contribution in [1.82, 2.24) is 4.90 Å². The Balaban J connectivity index is 1.93. The van der Waals surface area contributed by atoms with E-state index in [9.17, 15) is 9.59 Å². The van der Waals surface area contributed by atoms with Gasteiger partial charge in [0, 0.05) is 43.3 Å². The fourth-order valence-corrected chi connectivity index (χ4v) is 2.86. The lowest BCUT2D eigenvalue weighted by molar-refractivity contribution is -0.141. The van der Waals surface area contributed by atoms with Crippen LogP contribution in [0.4, 0.5) is 5.69 Å². The number of hydrogen-bond donors (Lipinski definition) is 1. The topological polar surface area (TPSA) is 60.9 Å². The number of piperazine rings is 1. The molecule has 1 aliphatic heterocycles. The molecule has 0 unspecified atom stereocenters. The monoisotopic (exact) mass is 324 g/mol. The zero-order chi connectivity index (χ0) is 16.1. The lowest BCUT2D eigenvalue weighted by Crippen LogP contribution is -2.48. The first-order valence-corrected chi connectivity index (χ1v) is 7.91. The zero-order valence-electron chi connectivity index (χ0n) is 12.7. The van der Waals surface area contributed by atoms with Gasteiger partial charge >= 0.3 is 5.97 Å². The first-order chi connectivity index (χ1) is 10.5. The molecule has 2 rings (SSSR count). The highest BCUT2D eigenvalue weighted by molar-refractivity contribution is 6.30. The van der Waals surface area contributed by atoms with Crippen molar-refractivity contribution >= 4 is 29.2 Å². The summed E-state index contributed by atoms with van der Waals surface area (Å²) in [6.07, 6.45) is 0.904. The summed E-state index contributed by atoms with van der Waals surface area (Å²) >= 11 is 6.15. The van der Waals surface area contributed by atoms with E-state index >= 15 is 0 Å². The third kappa shape index (κ3) is 4.37. The second-order valence-corrected chi connectivity index (χ2v) is 5.87. The normalized spacial score (nSPS) is 15.0. The van der Waals surface area contributed by atoms with Crippen LogP contribution in [-0.4, -0.2) is 48.1 Å². The van der Waals surface area contributed by atoms with E-state index in [1.807, 2.05) is 12.1 Å². The Morgan fingerprint density at radius 2 is 1.82 bits per heavy atom. The molecule has 22 heavy (non-hydrogen) atoms. The summed E-state index contributed by atoms with van der Waals surface area (Å²) in [5.74, 6) is -1.01. The van der Waals surface area contributed by atoms with Crippen molar-refractivity contribution in [3.05, 3.63) is 28.8 Å². The molecular formula is C16H21ClN2O3. The van der Waals surface area contributed by atoms with Crippen LogP contribution in [-0.2, 0) is 16.0 Å². The van der Waals surface area contributed by atoms with Gasteiger partial charge in [0.25, 0.3) is 0 Å². The number of rotatable bonds is 5. The number of halogens is 1. The van der Waals surface area contributed by atoms with Crippen molar-refractivity contribution in [2.24, 2.45) is 0 Å². The Hall–Kier alpha value is -1.75. The van der Waals surface area contributed by atoms with Gasteiger partial charge in [0.15, 0.2) is 0 Å². The van der Waals surface area contributed by atoms with Crippen LogP contribution in [0.3, 0.4) is 0 Å². The molecule has 5 nitrogen and oxygen atoms in total. The lowest BCUT2D eigenvalue weighted by atomic mass is 10.1. The molecule has 0 saturated carbocycles. The van der Waals surface area contributed by atoms with E-state index in [0.29, 0.717) is 13.1 Å². The number of carbonyl (C=O) groups excluding carboxylic acids is 1. The van der Waals surface area contributed by atoms with Gasteiger partial charge in [-0.3, -0.25) is 9.59 Å². The maximum Gasteiger partial charge on any atom is 0.303 e. The van der Waals surface area contributed by atoms with E-state index in [2.05, 4.69) is 17.9 Å². The van der Waals surface area contributed by atoms with Crippen LogP contribution in [0.2, 0.25) is 5.02 Å². The molecule has 1 aliphatic rings. The number of hydrogen-bond acceptors (Lipinski definition) is 3. The maximum atomic E-state index is 11.9. The standard InChI is InChI=1S/C16H21ClN2O3/c1-2-12-9-13(17)11-14(10-12)18-5-7-19(8-6-18)15(20)3-4-16(21)22/h9-11H,2-8H2,1H3,(H,21,22). The molecule has 0 spiro atoms. The molecule has 1 aromatic carbocycles. The van der Waals surface area contributed by atoms with Gasteiger partial charge in [-0.25, -0.2) is 0 Å². The maximum absolute atomic E-state index is 11.9. The van der Waals surface area contributed by atoms with E-state index in [1.54, 1.807) is 4.90 Å². The van der Waals surface area contributed by atoms with Crippen LogP contribution in [0, 0.1) is 0 Å². The Bertz CT molecular complexity index is 554. The van der Waals surface area contributed by atoms with Crippen LogP contribution in [0.5, 0.6) is 0 Å². The van der Waals surface area contributed by atoms with Crippen molar-refractivity contribution in [2.75, 3.05) is 31.1 Å². The Labute approximate surface area is 135 Å². The molecule has 1 heterocycles. The highest BCUT2D eigenvalue weighted by Gasteiger charge is 2.21. The van der Waals surface area contributed by atoms with Gasteiger partial charge in [-0.15, -0.1) is 0 Å². The lowest BCUT2D eigenvalue weighted by Gasteiger charge is -2.36. The van der Waals surface area contributed by atoms with E-state index in [-0.39, 0.29) is 18.7 Å². The van der Waals surface area contributed by atoms with E-state index < -0.39 is 5.97 Å². The molecule has 0 aromatic heterocycles. The minimum atomic E-state index is -0.932. The smallest absolute Gasteiger partial charge is 0.303 e. The molecule has 1 aromatic rings. The third-order valence-corrected chi connectivity index (χ3v) is 4.12. The molecule has 1 amide bonds. The number of amides is 1. The zero-order valence-corrected chi connectivity index (χ0v) is 13.5. The minimum Gasteiger partial charge on any atom is -0.481 e. The summed E-state index contributed by atoms with van der Waals surface area (Å²) in [7, 11) is 0. The molecule has 0 bridgehead atoms. The van der Waals surface area contributed by atoms with Crippen molar-refractivity contribution in [2.45, 2.75) is 26.2 Å². The summed E-state index contributed by atoms with van der Waals surface area (Å²) < 4.78 is 0. The number of benzene rings is 1. The second kappa shape index (κ2) is 7.49. The number of anilines is 1. The van der Waals surface area contributed by atoms with Crippen molar-refractivity contribution < 1.29 is 14.7 Å². The average Bonchev–Trinajstić information content (AvgIpc) is 2.52. The Morgan fingerprint density at radius 1 is 1.14 bits per heavy atom. The molecule has 0 radical (unpaired) electrons. The fraction of sp³-hybridized carbons (Fsp3) is 0.500.